The Hall–Kier alpha value is -1.23. The van der Waals surface area contributed by atoms with Crippen LogP contribution in [0, 0.1) is 5.92 Å². The number of ketones is 1. The molecule has 0 aromatic heterocycles. The summed E-state index contributed by atoms with van der Waals surface area (Å²) in [6.45, 7) is 4.45. The molecule has 1 saturated carbocycles. The Kier molecular flexibility index (Phi) is 4.70. The van der Waals surface area contributed by atoms with Crippen molar-refractivity contribution in [2.75, 3.05) is 26.2 Å². The molecule has 4 nitrogen and oxygen atoms in total. The van der Waals surface area contributed by atoms with Crippen LogP contribution < -0.4 is 0 Å². The van der Waals surface area contributed by atoms with Crippen molar-refractivity contribution in [3.8, 4) is 0 Å². The van der Waals surface area contributed by atoms with Gasteiger partial charge in [-0.15, -0.1) is 0 Å². The first-order valence-electron chi connectivity index (χ1n) is 9.53. The van der Waals surface area contributed by atoms with Crippen molar-refractivity contribution in [1.29, 1.82) is 0 Å². The molecule has 1 aliphatic carbocycles. The maximum absolute atomic E-state index is 12.1. The molecule has 0 unspecified atom stereocenters. The number of carbonyl (C=O) groups excluding carboxylic acids is 1. The molecule has 3 fully saturated rings. The first-order valence-corrected chi connectivity index (χ1v) is 9.53. The number of benzene rings is 1. The maximum atomic E-state index is 12.1. The van der Waals surface area contributed by atoms with E-state index in [1.165, 1.54) is 32.4 Å². The van der Waals surface area contributed by atoms with E-state index in [1.807, 2.05) is 24.3 Å². The maximum Gasteiger partial charge on any atom is 0.165 e. The molecule has 4 rings (SSSR count). The van der Waals surface area contributed by atoms with Crippen molar-refractivity contribution < 1.29 is 9.90 Å². The molecule has 3 aliphatic rings. The van der Waals surface area contributed by atoms with E-state index in [-0.39, 0.29) is 11.7 Å². The van der Waals surface area contributed by atoms with Gasteiger partial charge in [-0.25, -0.2) is 0 Å². The van der Waals surface area contributed by atoms with Crippen molar-refractivity contribution in [3.63, 3.8) is 0 Å². The Morgan fingerprint density at radius 1 is 1.04 bits per heavy atom. The molecule has 1 aromatic rings. The molecule has 4 heteroatoms. The zero-order chi connectivity index (χ0) is 16.5. The number of Topliss-reactive ketones (excluding diaryl/α,β-unsaturated/α-hetero) is 1. The van der Waals surface area contributed by atoms with Gasteiger partial charge in [0.1, 0.15) is 6.23 Å². The normalized spacial score (nSPS) is 26.8. The van der Waals surface area contributed by atoms with Crippen LogP contribution in [0.3, 0.4) is 0 Å². The van der Waals surface area contributed by atoms with Crippen molar-refractivity contribution in [2.24, 2.45) is 5.92 Å². The minimum atomic E-state index is -0.551. The summed E-state index contributed by atoms with van der Waals surface area (Å²) >= 11 is 0. The zero-order valence-electron chi connectivity index (χ0n) is 14.4. The highest BCUT2D eigenvalue weighted by Crippen LogP contribution is 2.33. The largest absolute Gasteiger partial charge is 0.374 e. The number of aliphatic hydroxyl groups excluding tert-OH is 1. The summed E-state index contributed by atoms with van der Waals surface area (Å²) in [4.78, 5) is 16.9. The minimum absolute atomic E-state index is 0.254. The Labute approximate surface area is 144 Å². The van der Waals surface area contributed by atoms with E-state index >= 15 is 0 Å². The average Bonchev–Trinajstić information content (AvgIpc) is 3.14. The highest BCUT2D eigenvalue weighted by Gasteiger charge is 2.33. The Bertz CT molecular complexity index is 576. The van der Waals surface area contributed by atoms with E-state index in [4.69, 9.17) is 0 Å². The summed E-state index contributed by atoms with van der Waals surface area (Å²) in [5.41, 5.74) is 1.71. The van der Waals surface area contributed by atoms with Crippen molar-refractivity contribution in [3.05, 3.63) is 35.4 Å². The Balaban J connectivity index is 1.41. The van der Waals surface area contributed by atoms with Gasteiger partial charge in [-0.1, -0.05) is 24.3 Å². The van der Waals surface area contributed by atoms with Gasteiger partial charge < -0.3 is 10.0 Å². The molecular formula is C20H28N2O2. The number of carbonyl (C=O) groups is 1. The van der Waals surface area contributed by atoms with Gasteiger partial charge >= 0.3 is 0 Å². The SMILES string of the molecule is O=C(c1ccc([C@H](O)N2CCC[C@H]2CN2CCCC2)cc1)C1CC1. The molecule has 1 N–H and O–H groups in total. The second-order valence-corrected chi connectivity index (χ2v) is 7.68. The second-order valence-electron chi connectivity index (χ2n) is 7.68. The van der Waals surface area contributed by atoms with Crippen LogP contribution >= 0.6 is 0 Å². The van der Waals surface area contributed by atoms with Crippen LogP contribution in [-0.4, -0.2) is 52.9 Å². The number of aliphatic hydroxyl groups is 1. The lowest BCUT2D eigenvalue weighted by atomic mass is 10.0. The fourth-order valence-electron chi connectivity index (χ4n) is 4.23. The molecule has 2 aliphatic heterocycles. The van der Waals surface area contributed by atoms with Gasteiger partial charge in [0.05, 0.1) is 0 Å². The number of hydrogen-bond acceptors (Lipinski definition) is 4. The first-order chi connectivity index (χ1) is 11.7. The first kappa shape index (κ1) is 16.2. The Morgan fingerprint density at radius 3 is 2.42 bits per heavy atom. The molecule has 2 saturated heterocycles. The number of nitrogens with zero attached hydrogens (tertiary/aromatic N) is 2. The summed E-state index contributed by atoms with van der Waals surface area (Å²) in [6, 6.07) is 8.11. The van der Waals surface area contributed by atoms with E-state index < -0.39 is 6.23 Å². The van der Waals surface area contributed by atoms with E-state index in [0.29, 0.717) is 6.04 Å². The number of rotatable bonds is 6. The van der Waals surface area contributed by atoms with Crippen LogP contribution in [0.5, 0.6) is 0 Å². The predicted molar refractivity (Wildman–Crippen MR) is 93.9 cm³/mol. The molecule has 24 heavy (non-hydrogen) atoms. The molecule has 0 radical (unpaired) electrons. The summed E-state index contributed by atoms with van der Waals surface area (Å²) in [7, 11) is 0. The van der Waals surface area contributed by atoms with E-state index in [0.717, 1.165) is 43.5 Å². The zero-order valence-corrected chi connectivity index (χ0v) is 14.4. The van der Waals surface area contributed by atoms with E-state index in [2.05, 4.69) is 9.80 Å². The van der Waals surface area contributed by atoms with Crippen molar-refractivity contribution in [2.45, 2.75) is 50.8 Å². The number of hydrogen-bond donors (Lipinski definition) is 1. The highest BCUT2D eigenvalue weighted by atomic mass is 16.3. The lowest BCUT2D eigenvalue weighted by Crippen LogP contribution is -2.41. The second kappa shape index (κ2) is 6.95. The average molecular weight is 328 g/mol. The molecule has 2 heterocycles. The van der Waals surface area contributed by atoms with Gasteiger partial charge in [0.25, 0.3) is 0 Å². The highest BCUT2D eigenvalue weighted by molar-refractivity contribution is 5.99. The van der Waals surface area contributed by atoms with Gasteiger partial charge in [-0.2, -0.15) is 0 Å². The quantitative estimate of drug-likeness (QED) is 0.816. The third-order valence-corrected chi connectivity index (χ3v) is 5.85. The smallest absolute Gasteiger partial charge is 0.165 e. The predicted octanol–water partition coefficient (Wildman–Crippen LogP) is 2.83. The lowest BCUT2D eigenvalue weighted by molar-refractivity contribution is -0.0138. The van der Waals surface area contributed by atoms with Gasteiger partial charge in [0.2, 0.25) is 0 Å². The fourth-order valence-corrected chi connectivity index (χ4v) is 4.23. The standard InChI is InChI=1S/C20H28N2O2/c23-19(15-5-6-15)16-7-9-17(10-8-16)20(24)22-13-3-4-18(22)14-21-11-1-2-12-21/h7-10,15,18,20,24H,1-6,11-14H2/t18-,20-/m0/s1. The molecule has 0 amide bonds. The Morgan fingerprint density at radius 2 is 1.75 bits per heavy atom. The van der Waals surface area contributed by atoms with Gasteiger partial charge in [-0.3, -0.25) is 9.69 Å². The van der Waals surface area contributed by atoms with Crippen LogP contribution in [0.2, 0.25) is 0 Å². The van der Waals surface area contributed by atoms with Gasteiger partial charge in [0.15, 0.2) is 5.78 Å². The van der Waals surface area contributed by atoms with Gasteiger partial charge in [0, 0.05) is 30.6 Å². The van der Waals surface area contributed by atoms with E-state index in [9.17, 15) is 9.90 Å². The third-order valence-electron chi connectivity index (χ3n) is 5.85. The molecular weight excluding hydrogens is 300 g/mol. The fraction of sp³-hybridized carbons (Fsp3) is 0.650. The van der Waals surface area contributed by atoms with Crippen LogP contribution in [0.4, 0.5) is 0 Å². The van der Waals surface area contributed by atoms with Crippen LogP contribution in [0.25, 0.3) is 0 Å². The topological polar surface area (TPSA) is 43.8 Å². The molecule has 2 atom stereocenters. The summed E-state index contributed by atoms with van der Waals surface area (Å²) in [5.74, 6) is 0.522. The minimum Gasteiger partial charge on any atom is -0.374 e. The summed E-state index contributed by atoms with van der Waals surface area (Å²) in [6.07, 6.45) is 6.48. The van der Waals surface area contributed by atoms with Crippen LogP contribution in [-0.2, 0) is 0 Å². The van der Waals surface area contributed by atoms with Gasteiger partial charge in [-0.05, 0) is 57.2 Å². The molecule has 130 valence electrons. The summed E-state index contributed by atoms with van der Waals surface area (Å²) < 4.78 is 0. The van der Waals surface area contributed by atoms with Crippen LogP contribution in [0.15, 0.2) is 24.3 Å². The van der Waals surface area contributed by atoms with Crippen LogP contribution in [0.1, 0.15) is 60.7 Å². The van der Waals surface area contributed by atoms with E-state index in [1.54, 1.807) is 0 Å². The third kappa shape index (κ3) is 3.41. The number of likely N-dealkylation sites (tertiary alicyclic amines) is 2. The summed E-state index contributed by atoms with van der Waals surface area (Å²) in [5, 5.41) is 10.8. The lowest BCUT2D eigenvalue weighted by Gasteiger charge is -2.32. The molecule has 1 aromatic carbocycles. The van der Waals surface area contributed by atoms with Crippen molar-refractivity contribution in [1.82, 2.24) is 9.80 Å². The molecule has 0 bridgehead atoms. The van der Waals surface area contributed by atoms with Crippen molar-refractivity contribution >= 4 is 5.78 Å². The monoisotopic (exact) mass is 328 g/mol. The molecule has 0 spiro atoms.